The van der Waals surface area contributed by atoms with E-state index in [-0.39, 0.29) is 21.9 Å². The van der Waals surface area contributed by atoms with Crippen molar-refractivity contribution in [2.45, 2.75) is 24.3 Å². The van der Waals surface area contributed by atoms with Crippen molar-refractivity contribution >= 4 is 33.6 Å². The predicted molar refractivity (Wildman–Crippen MR) is 74.8 cm³/mol. The minimum atomic E-state index is -4.18. The monoisotopic (exact) mass is 335 g/mol. The zero-order valence-corrected chi connectivity index (χ0v) is 12.9. The summed E-state index contributed by atoms with van der Waals surface area (Å²) in [6.45, 7) is 1.52. The van der Waals surface area contributed by atoms with Crippen LogP contribution in [0.2, 0.25) is 5.02 Å². The molecule has 0 saturated carbocycles. The maximum atomic E-state index is 12.2. The van der Waals surface area contributed by atoms with E-state index in [4.69, 9.17) is 16.7 Å². The van der Waals surface area contributed by atoms with Crippen molar-refractivity contribution in [1.82, 2.24) is 4.72 Å². The molecule has 1 rings (SSSR count). The van der Waals surface area contributed by atoms with Gasteiger partial charge in [0.05, 0.1) is 17.7 Å². The first kappa shape index (κ1) is 17.4. The molecule has 116 valence electrons. The number of halogens is 1. The predicted octanol–water partition coefficient (Wildman–Crippen LogP) is 1.27. The van der Waals surface area contributed by atoms with Crippen molar-refractivity contribution in [2.75, 3.05) is 7.11 Å². The number of rotatable bonds is 6. The zero-order valence-electron chi connectivity index (χ0n) is 11.3. The molecular formula is C12H14ClNO6S. The lowest BCUT2D eigenvalue weighted by Gasteiger charge is -2.14. The number of carbonyl (C=O) groups is 2. The summed E-state index contributed by atoms with van der Waals surface area (Å²) in [6.07, 6.45) is 0.0584. The van der Waals surface area contributed by atoms with Crippen LogP contribution in [0.15, 0.2) is 23.1 Å². The molecule has 0 aliphatic carbocycles. The molecule has 7 nitrogen and oxygen atoms in total. The summed E-state index contributed by atoms with van der Waals surface area (Å²) in [6, 6.07) is 2.28. The van der Waals surface area contributed by atoms with Crippen molar-refractivity contribution in [2.24, 2.45) is 0 Å². The van der Waals surface area contributed by atoms with E-state index in [1.54, 1.807) is 0 Å². The first-order valence-electron chi connectivity index (χ1n) is 5.86. The highest BCUT2D eigenvalue weighted by Gasteiger charge is 2.26. The number of carboxylic acids is 1. The Morgan fingerprint density at radius 2 is 2.05 bits per heavy atom. The lowest BCUT2D eigenvalue weighted by molar-refractivity contribution is -0.139. The summed E-state index contributed by atoms with van der Waals surface area (Å²) >= 11 is 5.82. The van der Waals surface area contributed by atoms with Crippen LogP contribution in [0.3, 0.4) is 0 Å². The highest BCUT2D eigenvalue weighted by Crippen LogP contribution is 2.23. The minimum absolute atomic E-state index is 0.00866. The standard InChI is InChI=1S/C12H14ClNO6S/c1-3-9(11(15)16)14-21(18,19)10-6-7(12(17)20-2)4-5-8(10)13/h4-6,9,14H,3H2,1-2H3,(H,15,16)/t9-/m0/s1. The van der Waals surface area contributed by atoms with E-state index >= 15 is 0 Å². The van der Waals surface area contributed by atoms with Gasteiger partial charge >= 0.3 is 11.9 Å². The van der Waals surface area contributed by atoms with Gasteiger partial charge in [0.2, 0.25) is 10.0 Å². The van der Waals surface area contributed by atoms with Gasteiger partial charge in [-0.2, -0.15) is 4.72 Å². The third-order valence-electron chi connectivity index (χ3n) is 2.65. The van der Waals surface area contributed by atoms with Crippen LogP contribution in [0.5, 0.6) is 0 Å². The van der Waals surface area contributed by atoms with Gasteiger partial charge in [-0.25, -0.2) is 13.2 Å². The topological polar surface area (TPSA) is 110 Å². The van der Waals surface area contributed by atoms with Crippen LogP contribution in [0.4, 0.5) is 0 Å². The fourth-order valence-electron chi connectivity index (χ4n) is 1.51. The van der Waals surface area contributed by atoms with Gasteiger partial charge in [0, 0.05) is 0 Å². The highest BCUT2D eigenvalue weighted by atomic mass is 35.5. The van der Waals surface area contributed by atoms with Crippen LogP contribution in [0, 0.1) is 0 Å². The van der Waals surface area contributed by atoms with Crippen LogP contribution in [0.1, 0.15) is 23.7 Å². The Bertz CT molecular complexity index is 658. The molecule has 0 fully saturated rings. The number of hydrogen-bond acceptors (Lipinski definition) is 5. The smallest absolute Gasteiger partial charge is 0.337 e. The molecule has 0 aromatic heterocycles. The van der Waals surface area contributed by atoms with Crippen LogP contribution >= 0.6 is 11.6 Å². The van der Waals surface area contributed by atoms with Crippen molar-refractivity contribution in [3.8, 4) is 0 Å². The Morgan fingerprint density at radius 1 is 1.43 bits per heavy atom. The molecule has 1 aromatic rings. The summed E-state index contributed by atoms with van der Waals surface area (Å²) in [7, 11) is -3.03. The van der Waals surface area contributed by atoms with Crippen molar-refractivity contribution < 1.29 is 27.9 Å². The minimum Gasteiger partial charge on any atom is -0.480 e. The number of ether oxygens (including phenoxy) is 1. The fraction of sp³-hybridized carbons (Fsp3) is 0.333. The number of methoxy groups -OCH3 is 1. The lowest BCUT2D eigenvalue weighted by atomic mass is 10.2. The molecular weight excluding hydrogens is 322 g/mol. The van der Waals surface area contributed by atoms with Gasteiger partial charge in [0.25, 0.3) is 0 Å². The first-order chi connectivity index (χ1) is 9.72. The van der Waals surface area contributed by atoms with Crippen LogP contribution < -0.4 is 4.72 Å². The molecule has 0 heterocycles. The Balaban J connectivity index is 3.24. The Hall–Kier alpha value is -1.64. The molecule has 0 spiro atoms. The van der Waals surface area contributed by atoms with E-state index in [1.165, 1.54) is 19.1 Å². The largest absolute Gasteiger partial charge is 0.480 e. The van der Waals surface area contributed by atoms with Crippen LogP contribution in [-0.2, 0) is 19.6 Å². The second-order valence-corrected chi connectivity index (χ2v) is 6.15. The lowest BCUT2D eigenvalue weighted by Crippen LogP contribution is -2.40. The van der Waals surface area contributed by atoms with Gasteiger partial charge in [-0.3, -0.25) is 4.79 Å². The Labute approximate surface area is 126 Å². The van der Waals surface area contributed by atoms with Gasteiger partial charge in [-0.05, 0) is 24.6 Å². The quantitative estimate of drug-likeness (QED) is 0.757. The molecule has 0 radical (unpaired) electrons. The molecule has 0 aliphatic rings. The summed E-state index contributed by atoms with van der Waals surface area (Å²) in [4.78, 5) is 21.9. The van der Waals surface area contributed by atoms with Crippen molar-refractivity contribution in [3.05, 3.63) is 28.8 Å². The molecule has 21 heavy (non-hydrogen) atoms. The van der Waals surface area contributed by atoms with E-state index < -0.39 is 28.0 Å². The zero-order chi connectivity index (χ0) is 16.2. The second-order valence-electron chi connectivity index (χ2n) is 4.06. The summed E-state index contributed by atoms with van der Waals surface area (Å²) in [5, 5.41) is 8.77. The third-order valence-corrected chi connectivity index (χ3v) is 4.60. The third kappa shape index (κ3) is 4.16. The first-order valence-corrected chi connectivity index (χ1v) is 7.72. The number of benzene rings is 1. The van der Waals surface area contributed by atoms with Crippen molar-refractivity contribution in [3.63, 3.8) is 0 Å². The van der Waals surface area contributed by atoms with Gasteiger partial charge in [0.1, 0.15) is 10.9 Å². The van der Waals surface area contributed by atoms with Crippen molar-refractivity contribution in [1.29, 1.82) is 0 Å². The van der Waals surface area contributed by atoms with E-state index in [1.807, 2.05) is 4.72 Å². The van der Waals surface area contributed by atoms with Crippen LogP contribution in [-0.4, -0.2) is 38.6 Å². The number of sulfonamides is 1. The van der Waals surface area contributed by atoms with E-state index in [2.05, 4.69) is 4.74 Å². The number of carbonyl (C=O) groups excluding carboxylic acids is 1. The summed E-state index contributed by atoms with van der Waals surface area (Å²) in [5.74, 6) is -2.03. The number of hydrogen-bond donors (Lipinski definition) is 2. The molecule has 0 amide bonds. The maximum absolute atomic E-state index is 12.2. The fourth-order valence-corrected chi connectivity index (χ4v) is 3.31. The number of esters is 1. The normalized spacial score (nSPS) is 12.7. The SMILES string of the molecule is CC[C@H](NS(=O)(=O)c1cc(C(=O)OC)ccc1Cl)C(=O)O. The van der Waals surface area contributed by atoms with Gasteiger partial charge in [-0.1, -0.05) is 18.5 Å². The molecule has 1 aromatic carbocycles. The molecule has 0 bridgehead atoms. The Kier molecular flexibility index (Phi) is 5.70. The Morgan fingerprint density at radius 3 is 2.52 bits per heavy atom. The number of carboxylic acid groups (broad SMARTS) is 1. The van der Waals surface area contributed by atoms with Gasteiger partial charge in [0.15, 0.2) is 0 Å². The number of aliphatic carboxylic acids is 1. The maximum Gasteiger partial charge on any atom is 0.337 e. The number of nitrogens with one attached hydrogen (secondary N) is 1. The van der Waals surface area contributed by atoms with Gasteiger partial charge < -0.3 is 9.84 Å². The molecule has 1 atom stereocenters. The molecule has 0 unspecified atom stereocenters. The molecule has 9 heteroatoms. The highest BCUT2D eigenvalue weighted by molar-refractivity contribution is 7.89. The average Bonchev–Trinajstić information content (AvgIpc) is 2.43. The molecule has 0 saturated heterocycles. The summed E-state index contributed by atoms with van der Waals surface area (Å²) < 4.78 is 30.9. The van der Waals surface area contributed by atoms with Crippen LogP contribution in [0.25, 0.3) is 0 Å². The molecule has 0 aliphatic heterocycles. The summed E-state index contributed by atoms with van der Waals surface area (Å²) in [5.41, 5.74) is -0.00866. The average molecular weight is 336 g/mol. The van der Waals surface area contributed by atoms with E-state index in [0.29, 0.717) is 0 Å². The second kappa shape index (κ2) is 6.88. The molecule has 2 N–H and O–H groups in total. The van der Waals surface area contributed by atoms with E-state index in [0.717, 1.165) is 13.2 Å². The van der Waals surface area contributed by atoms with E-state index in [9.17, 15) is 18.0 Å². The van der Waals surface area contributed by atoms with Gasteiger partial charge in [-0.15, -0.1) is 0 Å².